The van der Waals surface area contributed by atoms with Crippen molar-refractivity contribution in [1.82, 2.24) is 4.98 Å². The van der Waals surface area contributed by atoms with Crippen molar-refractivity contribution < 1.29 is 4.79 Å². The van der Waals surface area contributed by atoms with Crippen LogP contribution in [-0.2, 0) is 4.79 Å². The number of hydrogen-bond acceptors (Lipinski definition) is 3. The number of nitrogens with zero attached hydrogens (tertiary/aromatic N) is 2. The van der Waals surface area contributed by atoms with Crippen LogP contribution >= 0.6 is 0 Å². The van der Waals surface area contributed by atoms with Gasteiger partial charge < -0.3 is 0 Å². The zero-order valence-electron chi connectivity index (χ0n) is 12.3. The summed E-state index contributed by atoms with van der Waals surface area (Å²) in [6.07, 6.45) is 12.1. The van der Waals surface area contributed by atoms with E-state index in [-0.39, 0.29) is 5.78 Å². The minimum absolute atomic E-state index is 0.0345. The molecule has 0 aliphatic rings. The van der Waals surface area contributed by atoms with Gasteiger partial charge in [0, 0.05) is 18.8 Å². The normalized spacial score (nSPS) is 11.8. The molecule has 1 atom stereocenters. The number of rotatable bonds is 10. The van der Waals surface area contributed by atoms with Crippen molar-refractivity contribution in [2.75, 3.05) is 0 Å². The Kier molecular flexibility index (Phi) is 8.30. The highest BCUT2D eigenvalue weighted by atomic mass is 16.1. The topological polar surface area (TPSA) is 53.8 Å². The van der Waals surface area contributed by atoms with Crippen LogP contribution in [0.3, 0.4) is 0 Å². The number of aromatic nitrogens is 1. The van der Waals surface area contributed by atoms with Gasteiger partial charge in [-0.1, -0.05) is 45.4 Å². The van der Waals surface area contributed by atoms with Crippen LogP contribution in [0.25, 0.3) is 0 Å². The van der Waals surface area contributed by atoms with Crippen LogP contribution in [0.1, 0.15) is 69.8 Å². The largest absolute Gasteiger partial charge is 0.298 e. The van der Waals surface area contributed by atoms with E-state index in [9.17, 15) is 4.79 Å². The van der Waals surface area contributed by atoms with Gasteiger partial charge in [-0.2, -0.15) is 5.26 Å². The lowest BCUT2D eigenvalue weighted by molar-refractivity contribution is -0.119. The van der Waals surface area contributed by atoms with E-state index in [0.717, 1.165) is 18.4 Å². The van der Waals surface area contributed by atoms with E-state index in [2.05, 4.69) is 18.0 Å². The molecule has 108 valence electrons. The minimum atomic E-state index is -0.627. The highest BCUT2D eigenvalue weighted by molar-refractivity contribution is 5.88. The second-order valence-electron chi connectivity index (χ2n) is 5.18. The lowest BCUT2D eigenvalue weighted by Gasteiger charge is -2.08. The minimum Gasteiger partial charge on any atom is -0.298 e. The smallest absolute Gasteiger partial charge is 0.154 e. The Morgan fingerprint density at radius 1 is 1.15 bits per heavy atom. The molecule has 0 radical (unpaired) electrons. The van der Waals surface area contributed by atoms with Crippen LogP contribution in [0.5, 0.6) is 0 Å². The summed E-state index contributed by atoms with van der Waals surface area (Å²) in [7, 11) is 0. The molecule has 1 unspecified atom stereocenters. The maximum atomic E-state index is 12.1. The number of nitriles is 1. The van der Waals surface area contributed by atoms with Crippen molar-refractivity contribution in [1.29, 1.82) is 5.26 Å². The van der Waals surface area contributed by atoms with Crippen LogP contribution in [0.15, 0.2) is 24.5 Å². The van der Waals surface area contributed by atoms with Crippen molar-refractivity contribution in [3.8, 4) is 6.07 Å². The second-order valence-corrected chi connectivity index (χ2v) is 5.18. The molecule has 1 rings (SSSR count). The fourth-order valence-corrected chi connectivity index (χ4v) is 2.29. The Morgan fingerprint density at radius 3 is 2.35 bits per heavy atom. The molecule has 0 aromatic carbocycles. The third-order valence-electron chi connectivity index (χ3n) is 3.52. The molecular weight excluding hydrogens is 248 g/mol. The Labute approximate surface area is 122 Å². The van der Waals surface area contributed by atoms with Gasteiger partial charge in [-0.05, 0) is 24.1 Å². The fourth-order valence-electron chi connectivity index (χ4n) is 2.29. The number of hydrogen-bond donors (Lipinski definition) is 0. The third kappa shape index (κ3) is 5.97. The van der Waals surface area contributed by atoms with Gasteiger partial charge in [0.05, 0.1) is 6.07 Å². The fraction of sp³-hybridized carbons (Fsp3) is 0.588. The number of carbonyl (C=O) groups is 1. The quantitative estimate of drug-likeness (QED) is 0.593. The molecule has 0 bridgehead atoms. The first kappa shape index (κ1) is 16.4. The molecule has 0 fully saturated rings. The van der Waals surface area contributed by atoms with E-state index < -0.39 is 5.92 Å². The monoisotopic (exact) mass is 272 g/mol. The Balaban J connectivity index is 2.26. The number of unbranched alkanes of at least 4 members (excludes halogenated alkanes) is 6. The van der Waals surface area contributed by atoms with Gasteiger partial charge in [-0.3, -0.25) is 9.78 Å². The predicted octanol–water partition coefficient (Wildman–Crippen LogP) is 4.40. The zero-order chi connectivity index (χ0) is 14.6. The molecule has 0 saturated carbocycles. The van der Waals surface area contributed by atoms with Crippen LogP contribution < -0.4 is 0 Å². The van der Waals surface area contributed by atoms with E-state index in [1.807, 2.05) is 0 Å². The van der Waals surface area contributed by atoms with Crippen LogP contribution in [-0.4, -0.2) is 10.8 Å². The van der Waals surface area contributed by atoms with Crippen LogP contribution in [0.4, 0.5) is 0 Å². The van der Waals surface area contributed by atoms with Gasteiger partial charge in [0.1, 0.15) is 5.92 Å². The van der Waals surface area contributed by atoms with Gasteiger partial charge in [0.2, 0.25) is 0 Å². The number of ketones is 1. The highest BCUT2D eigenvalue weighted by Crippen LogP contribution is 2.18. The second kappa shape index (κ2) is 10.1. The molecule has 0 amide bonds. The Hall–Kier alpha value is -1.69. The first-order valence-electron chi connectivity index (χ1n) is 7.61. The van der Waals surface area contributed by atoms with Crippen LogP contribution in [0.2, 0.25) is 0 Å². The first-order chi connectivity index (χ1) is 9.79. The molecule has 3 nitrogen and oxygen atoms in total. The molecule has 0 aliphatic heterocycles. The summed E-state index contributed by atoms with van der Waals surface area (Å²) in [6, 6.07) is 5.60. The predicted molar refractivity (Wildman–Crippen MR) is 80.2 cm³/mol. The van der Waals surface area contributed by atoms with E-state index in [1.54, 1.807) is 24.5 Å². The molecule has 1 heterocycles. The zero-order valence-corrected chi connectivity index (χ0v) is 12.3. The standard InChI is InChI=1S/C17H24N2O/c1-2-3-4-5-6-7-8-9-17(20)16(14-18)15-10-12-19-13-11-15/h10-13,16H,2-9H2,1H3. The third-order valence-corrected chi connectivity index (χ3v) is 3.52. The molecule has 0 aliphatic carbocycles. The van der Waals surface area contributed by atoms with E-state index in [0.29, 0.717) is 6.42 Å². The van der Waals surface area contributed by atoms with Gasteiger partial charge in [0.25, 0.3) is 0 Å². The summed E-state index contributed by atoms with van der Waals surface area (Å²) in [5.41, 5.74) is 0.760. The lowest BCUT2D eigenvalue weighted by Crippen LogP contribution is -2.10. The maximum Gasteiger partial charge on any atom is 0.154 e. The van der Waals surface area contributed by atoms with E-state index in [4.69, 9.17) is 5.26 Å². The molecule has 0 saturated heterocycles. The molecular formula is C17H24N2O. The van der Waals surface area contributed by atoms with Gasteiger partial charge in [0.15, 0.2) is 5.78 Å². The molecule has 0 spiro atoms. The summed E-state index contributed by atoms with van der Waals surface area (Å²) >= 11 is 0. The number of carbonyl (C=O) groups excluding carboxylic acids is 1. The average Bonchev–Trinajstić information content (AvgIpc) is 2.48. The van der Waals surface area contributed by atoms with Gasteiger partial charge in [-0.15, -0.1) is 0 Å². The van der Waals surface area contributed by atoms with Crippen molar-refractivity contribution >= 4 is 5.78 Å². The molecule has 1 aromatic heterocycles. The van der Waals surface area contributed by atoms with Crippen molar-refractivity contribution in [2.45, 2.75) is 64.2 Å². The molecule has 20 heavy (non-hydrogen) atoms. The van der Waals surface area contributed by atoms with Crippen molar-refractivity contribution in [3.05, 3.63) is 30.1 Å². The summed E-state index contributed by atoms with van der Waals surface area (Å²) in [6.45, 7) is 2.21. The van der Waals surface area contributed by atoms with E-state index in [1.165, 1.54) is 32.1 Å². The van der Waals surface area contributed by atoms with E-state index >= 15 is 0 Å². The molecule has 3 heteroatoms. The SMILES string of the molecule is CCCCCCCCCC(=O)C(C#N)c1ccncc1. The number of Topliss-reactive ketones (excluding diaryl/α,β-unsaturated/α-hetero) is 1. The van der Waals surface area contributed by atoms with Gasteiger partial charge >= 0.3 is 0 Å². The van der Waals surface area contributed by atoms with Gasteiger partial charge in [-0.25, -0.2) is 0 Å². The van der Waals surface area contributed by atoms with Crippen LogP contribution in [0, 0.1) is 11.3 Å². The molecule has 1 aromatic rings. The van der Waals surface area contributed by atoms with Crippen molar-refractivity contribution in [2.24, 2.45) is 0 Å². The molecule has 0 N–H and O–H groups in total. The summed E-state index contributed by atoms with van der Waals surface area (Å²) in [5.74, 6) is -0.592. The summed E-state index contributed by atoms with van der Waals surface area (Å²) < 4.78 is 0. The Bertz CT molecular complexity index is 422. The number of pyridine rings is 1. The Morgan fingerprint density at radius 2 is 1.75 bits per heavy atom. The first-order valence-corrected chi connectivity index (χ1v) is 7.61. The summed E-state index contributed by atoms with van der Waals surface area (Å²) in [5, 5.41) is 9.16. The summed E-state index contributed by atoms with van der Waals surface area (Å²) in [4.78, 5) is 16.0. The highest BCUT2D eigenvalue weighted by Gasteiger charge is 2.19. The van der Waals surface area contributed by atoms with Crippen molar-refractivity contribution in [3.63, 3.8) is 0 Å². The lowest BCUT2D eigenvalue weighted by atomic mass is 9.93. The average molecular weight is 272 g/mol. The maximum absolute atomic E-state index is 12.1.